The molecular weight excluding hydrogens is 381 g/mol. The minimum atomic E-state index is -4.11. The fraction of sp³-hybridized carbons (Fsp3) is 0.438. The molecular formula is C16H18FN3O6S. The largest absolute Gasteiger partial charge is 0.469 e. The first-order valence-corrected chi connectivity index (χ1v) is 9.74. The smallest absolute Gasteiger partial charge is 0.329 e. The lowest BCUT2D eigenvalue weighted by molar-refractivity contribution is -0.140. The average Bonchev–Trinajstić information content (AvgIpc) is 3.37. The lowest BCUT2D eigenvalue weighted by atomic mass is 10.1. The summed E-state index contributed by atoms with van der Waals surface area (Å²) in [5, 5.41) is 2.42. The van der Waals surface area contributed by atoms with Crippen LogP contribution in [0.5, 0.6) is 0 Å². The Morgan fingerprint density at radius 2 is 2.07 bits per heavy atom. The fourth-order valence-electron chi connectivity index (χ4n) is 2.66. The van der Waals surface area contributed by atoms with Crippen molar-refractivity contribution in [3.05, 3.63) is 24.0 Å². The fourth-order valence-corrected chi connectivity index (χ4v) is 4.06. The summed E-state index contributed by atoms with van der Waals surface area (Å²) in [4.78, 5) is 36.0. The molecule has 2 N–H and O–H groups in total. The molecule has 1 aliphatic heterocycles. The maximum Gasteiger partial charge on any atom is 0.329 e. The number of anilines is 1. The number of amides is 3. The van der Waals surface area contributed by atoms with Crippen LogP contribution >= 0.6 is 0 Å². The van der Waals surface area contributed by atoms with Crippen molar-refractivity contribution in [2.45, 2.75) is 42.7 Å². The Hall–Kier alpha value is -2.53. The van der Waals surface area contributed by atoms with Crippen molar-refractivity contribution in [1.29, 1.82) is 0 Å². The number of hydrogen-bond acceptors (Lipinski definition) is 6. The van der Waals surface area contributed by atoms with Gasteiger partial charge in [-0.2, -0.15) is 0 Å². The molecule has 0 aromatic heterocycles. The summed E-state index contributed by atoms with van der Waals surface area (Å²) in [5.74, 6) is -2.17. The number of hydrogen-bond donors (Lipinski definition) is 2. The van der Waals surface area contributed by atoms with Crippen LogP contribution in [0.4, 0.5) is 14.9 Å². The minimum Gasteiger partial charge on any atom is -0.469 e. The Labute approximate surface area is 154 Å². The first-order valence-electron chi connectivity index (χ1n) is 8.26. The molecule has 2 aliphatic rings. The van der Waals surface area contributed by atoms with Gasteiger partial charge in [-0.3, -0.25) is 9.59 Å². The highest BCUT2D eigenvalue weighted by Crippen LogP contribution is 2.28. The van der Waals surface area contributed by atoms with Crippen LogP contribution in [-0.2, 0) is 24.3 Å². The topological polar surface area (TPSA) is 122 Å². The van der Waals surface area contributed by atoms with E-state index < -0.39 is 44.7 Å². The molecule has 1 aliphatic carbocycles. The summed E-state index contributed by atoms with van der Waals surface area (Å²) in [7, 11) is -2.90. The normalized spacial score (nSPS) is 19.9. The summed E-state index contributed by atoms with van der Waals surface area (Å²) in [6, 6.07) is 1.02. The predicted molar refractivity (Wildman–Crippen MR) is 90.8 cm³/mol. The van der Waals surface area contributed by atoms with E-state index in [4.69, 9.17) is 0 Å². The number of nitrogens with one attached hydrogen (secondary N) is 2. The lowest BCUT2D eigenvalue weighted by Gasteiger charge is -2.15. The summed E-state index contributed by atoms with van der Waals surface area (Å²) in [5.41, 5.74) is -0.0735. The van der Waals surface area contributed by atoms with Gasteiger partial charge in [0.2, 0.25) is 10.0 Å². The van der Waals surface area contributed by atoms with Gasteiger partial charge < -0.3 is 10.1 Å². The van der Waals surface area contributed by atoms with E-state index in [1.54, 1.807) is 0 Å². The number of carbonyl (C=O) groups excluding carboxylic acids is 3. The van der Waals surface area contributed by atoms with Gasteiger partial charge in [-0.25, -0.2) is 27.2 Å². The number of benzene rings is 1. The maximum atomic E-state index is 14.1. The molecule has 0 radical (unpaired) electrons. The number of carbonyl (C=O) groups is 3. The third-order valence-corrected chi connectivity index (χ3v) is 5.78. The lowest BCUT2D eigenvalue weighted by Crippen LogP contribution is -2.32. The van der Waals surface area contributed by atoms with Crippen molar-refractivity contribution in [2.75, 3.05) is 12.0 Å². The Kier molecular flexibility index (Phi) is 5.16. The third-order valence-electron chi connectivity index (χ3n) is 4.25. The van der Waals surface area contributed by atoms with E-state index in [1.807, 2.05) is 0 Å². The van der Waals surface area contributed by atoms with Crippen LogP contribution in [0.1, 0.15) is 25.7 Å². The summed E-state index contributed by atoms with van der Waals surface area (Å²) in [6.45, 7) is 0. The van der Waals surface area contributed by atoms with E-state index in [1.165, 1.54) is 7.11 Å². The number of esters is 1. The van der Waals surface area contributed by atoms with Gasteiger partial charge in [-0.15, -0.1) is 0 Å². The molecule has 1 aromatic carbocycles. The van der Waals surface area contributed by atoms with Crippen LogP contribution in [0.25, 0.3) is 0 Å². The molecule has 146 valence electrons. The highest BCUT2D eigenvalue weighted by atomic mass is 32.2. The molecule has 1 saturated heterocycles. The van der Waals surface area contributed by atoms with Gasteiger partial charge in [-0.1, -0.05) is 0 Å². The number of rotatable bonds is 7. The second kappa shape index (κ2) is 7.24. The summed E-state index contributed by atoms with van der Waals surface area (Å²) < 4.78 is 45.5. The molecule has 27 heavy (non-hydrogen) atoms. The first kappa shape index (κ1) is 19.2. The number of nitrogens with zero attached hydrogens (tertiary/aromatic N) is 1. The Bertz CT molecular complexity index is 899. The molecule has 9 nitrogen and oxygen atoms in total. The quantitative estimate of drug-likeness (QED) is 0.513. The second-order valence-corrected chi connectivity index (χ2v) is 7.98. The highest BCUT2D eigenvalue weighted by Gasteiger charge is 2.40. The Morgan fingerprint density at radius 3 is 2.70 bits per heavy atom. The zero-order valence-corrected chi connectivity index (χ0v) is 15.2. The van der Waals surface area contributed by atoms with Gasteiger partial charge >= 0.3 is 12.0 Å². The third kappa shape index (κ3) is 4.08. The molecule has 0 bridgehead atoms. The SMILES string of the molecule is COC(=O)CC[C@H]1NC(=O)N(c2ccc(F)c(S(=O)(=O)NC3CC3)c2)C1=O. The molecule has 0 spiro atoms. The van der Waals surface area contributed by atoms with Gasteiger partial charge in [0.05, 0.1) is 12.8 Å². The Morgan fingerprint density at radius 1 is 1.37 bits per heavy atom. The van der Waals surface area contributed by atoms with Crippen LogP contribution in [0.15, 0.2) is 23.1 Å². The van der Waals surface area contributed by atoms with Gasteiger partial charge in [-0.05, 0) is 37.5 Å². The van der Waals surface area contributed by atoms with Crippen molar-refractivity contribution >= 4 is 33.6 Å². The molecule has 1 saturated carbocycles. The van der Waals surface area contributed by atoms with E-state index in [0.29, 0.717) is 12.8 Å². The first-order chi connectivity index (χ1) is 12.7. The summed E-state index contributed by atoms with van der Waals surface area (Å²) in [6.07, 6.45) is 1.31. The second-order valence-electron chi connectivity index (χ2n) is 6.30. The standard InChI is InChI=1S/C16H18FN3O6S/c1-26-14(21)7-6-12-15(22)20(16(23)18-12)10-4-5-11(17)13(8-10)27(24,25)19-9-2-3-9/h4-5,8-9,12,19H,2-3,6-7H2,1H3,(H,18,23)/t12-/m1/s1. The average molecular weight is 399 g/mol. The van der Waals surface area contributed by atoms with Crippen molar-refractivity contribution in [2.24, 2.45) is 0 Å². The number of sulfonamides is 1. The highest BCUT2D eigenvalue weighted by molar-refractivity contribution is 7.89. The van der Waals surface area contributed by atoms with Crippen LogP contribution in [0.2, 0.25) is 0 Å². The van der Waals surface area contributed by atoms with E-state index in [9.17, 15) is 27.2 Å². The molecule has 1 heterocycles. The van der Waals surface area contributed by atoms with Crippen molar-refractivity contribution in [3.8, 4) is 0 Å². The van der Waals surface area contributed by atoms with Gasteiger partial charge in [0.25, 0.3) is 5.91 Å². The molecule has 2 fully saturated rings. The number of halogens is 1. The van der Waals surface area contributed by atoms with E-state index >= 15 is 0 Å². The monoisotopic (exact) mass is 399 g/mol. The molecule has 1 atom stereocenters. The van der Waals surface area contributed by atoms with Gasteiger partial charge in [0.15, 0.2) is 0 Å². The van der Waals surface area contributed by atoms with E-state index in [2.05, 4.69) is 14.8 Å². The molecule has 3 rings (SSSR count). The van der Waals surface area contributed by atoms with Crippen molar-refractivity contribution in [1.82, 2.24) is 10.0 Å². The van der Waals surface area contributed by atoms with Gasteiger partial charge in [0.1, 0.15) is 16.8 Å². The Balaban J connectivity index is 1.83. The number of methoxy groups -OCH3 is 1. The zero-order valence-electron chi connectivity index (χ0n) is 14.4. The molecule has 1 aromatic rings. The molecule has 11 heteroatoms. The van der Waals surface area contributed by atoms with Crippen LogP contribution in [0, 0.1) is 5.82 Å². The van der Waals surface area contributed by atoms with E-state index in [0.717, 1.165) is 23.1 Å². The van der Waals surface area contributed by atoms with Crippen LogP contribution in [0.3, 0.4) is 0 Å². The maximum absolute atomic E-state index is 14.1. The number of ether oxygens (including phenoxy) is 1. The predicted octanol–water partition coefficient (Wildman–Crippen LogP) is 0.644. The number of urea groups is 1. The molecule has 3 amide bonds. The number of imide groups is 1. The van der Waals surface area contributed by atoms with Crippen molar-refractivity contribution < 1.29 is 31.9 Å². The molecule has 0 unspecified atom stereocenters. The zero-order chi connectivity index (χ0) is 19.8. The van der Waals surface area contributed by atoms with Gasteiger partial charge in [0, 0.05) is 12.5 Å². The van der Waals surface area contributed by atoms with Crippen LogP contribution in [-0.4, -0.2) is 45.5 Å². The van der Waals surface area contributed by atoms with Crippen molar-refractivity contribution in [3.63, 3.8) is 0 Å². The minimum absolute atomic E-state index is 0.0311. The van der Waals surface area contributed by atoms with Crippen LogP contribution < -0.4 is 14.9 Å². The summed E-state index contributed by atoms with van der Waals surface area (Å²) >= 11 is 0. The van der Waals surface area contributed by atoms with E-state index in [-0.39, 0.29) is 24.6 Å².